The average molecular weight is 837 g/mol. The van der Waals surface area contributed by atoms with E-state index in [0.29, 0.717) is 61.9 Å². The van der Waals surface area contributed by atoms with Crippen LogP contribution in [0, 0.1) is 0 Å². The Morgan fingerprint density at radius 1 is 0.984 bits per heavy atom. The van der Waals surface area contributed by atoms with Crippen molar-refractivity contribution in [2.75, 3.05) is 76.3 Å². The van der Waals surface area contributed by atoms with E-state index in [0.717, 1.165) is 74.6 Å². The number of rotatable bonds is 14. The van der Waals surface area contributed by atoms with Gasteiger partial charge in [-0.25, -0.2) is 14.8 Å². The second-order valence-electron chi connectivity index (χ2n) is 17.0. The van der Waals surface area contributed by atoms with Crippen LogP contribution in [0.5, 0.6) is 0 Å². The zero-order valence-electron chi connectivity index (χ0n) is 34.9. The Labute approximate surface area is 356 Å². The second kappa shape index (κ2) is 17.6. The van der Waals surface area contributed by atoms with Crippen LogP contribution in [0.15, 0.2) is 48.7 Å². The van der Waals surface area contributed by atoms with Crippen molar-refractivity contribution in [2.45, 2.75) is 75.8 Å². The van der Waals surface area contributed by atoms with Crippen molar-refractivity contribution in [3.63, 3.8) is 0 Å². The predicted octanol–water partition coefficient (Wildman–Crippen LogP) is 3.31. The van der Waals surface area contributed by atoms with Gasteiger partial charge in [-0.15, -0.1) is 0 Å². The third-order valence-electron chi connectivity index (χ3n) is 13.0. The maximum atomic E-state index is 13.4. The molecule has 1 aromatic heterocycles. The molecule has 0 radical (unpaired) electrons. The summed E-state index contributed by atoms with van der Waals surface area (Å²) in [6.45, 7) is 8.90. The zero-order valence-corrected chi connectivity index (χ0v) is 34.9. The largest absolute Gasteiger partial charge is 0.380 e. The molecule has 4 N–H and O–H groups in total. The molecular weight excluding hydrogens is 781 g/mol. The number of aromatic nitrogens is 2. The monoisotopic (exact) mass is 836 g/mol. The van der Waals surface area contributed by atoms with E-state index < -0.39 is 35.6 Å². The van der Waals surface area contributed by atoms with Crippen molar-refractivity contribution in [3.05, 3.63) is 76.6 Å². The molecule has 17 nitrogen and oxygen atoms in total. The quantitative estimate of drug-likeness (QED) is 0.158. The van der Waals surface area contributed by atoms with E-state index in [1.165, 1.54) is 5.56 Å². The molecule has 3 aromatic rings. The van der Waals surface area contributed by atoms with Gasteiger partial charge in [-0.1, -0.05) is 31.2 Å². The minimum atomic E-state index is -0.987. The number of fused-ring (bicyclic) bond motifs is 1. The highest BCUT2D eigenvalue weighted by atomic mass is 16.5. The third-order valence-corrected chi connectivity index (χ3v) is 13.0. The van der Waals surface area contributed by atoms with Gasteiger partial charge in [0.1, 0.15) is 11.9 Å². The first-order valence-corrected chi connectivity index (χ1v) is 21.3. The molecule has 0 spiro atoms. The van der Waals surface area contributed by atoms with Gasteiger partial charge < -0.3 is 35.4 Å². The van der Waals surface area contributed by atoms with Gasteiger partial charge in [0.15, 0.2) is 11.5 Å². The fraction of sp³-hybridized carbons (Fsp3) is 0.500. The Morgan fingerprint density at radius 2 is 1.77 bits per heavy atom. The van der Waals surface area contributed by atoms with Gasteiger partial charge in [0.2, 0.25) is 11.8 Å². The molecule has 7 amide bonds. The number of imide groups is 2. The molecule has 2 aromatic carbocycles. The first-order valence-electron chi connectivity index (χ1n) is 21.3. The van der Waals surface area contributed by atoms with E-state index in [2.05, 4.69) is 44.5 Å². The normalized spacial score (nSPS) is 21.9. The highest BCUT2D eigenvalue weighted by molar-refractivity contribution is 6.24. The lowest BCUT2D eigenvalue weighted by Gasteiger charge is -2.40. The van der Waals surface area contributed by atoms with E-state index in [1.807, 2.05) is 30.1 Å². The molecular formula is C44H56N10O7. The van der Waals surface area contributed by atoms with Crippen molar-refractivity contribution in [2.24, 2.45) is 5.73 Å². The van der Waals surface area contributed by atoms with E-state index in [1.54, 1.807) is 23.2 Å². The highest BCUT2D eigenvalue weighted by Gasteiger charge is 2.45. The highest BCUT2D eigenvalue weighted by Crippen LogP contribution is 2.36. The lowest BCUT2D eigenvalue weighted by atomic mass is 9.74. The molecule has 324 valence electrons. The molecule has 5 aliphatic heterocycles. The number of aryl methyl sites for hydroxylation is 1. The molecule has 0 aliphatic carbocycles. The van der Waals surface area contributed by atoms with Gasteiger partial charge in [-0.2, -0.15) is 0 Å². The molecule has 17 heteroatoms. The summed E-state index contributed by atoms with van der Waals surface area (Å²) in [6, 6.07) is 12.6. The number of anilines is 3. The van der Waals surface area contributed by atoms with Crippen molar-refractivity contribution >= 4 is 52.9 Å². The summed E-state index contributed by atoms with van der Waals surface area (Å²) in [5, 5.41) is 5.53. The minimum Gasteiger partial charge on any atom is -0.380 e. The number of hydrogen-bond acceptors (Lipinski definition) is 12. The van der Waals surface area contributed by atoms with Crippen molar-refractivity contribution in [3.8, 4) is 0 Å². The number of likely N-dealkylation sites (N-methyl/N-ethyl adjacent to an activating group) is 1. The number of hydrogen-bond donors (Lipinski definition) is 3. The standard InChI is InChI=1S/C44H54N10O7.H2/c1-44(29-10-12-30(13-11-29)47-39-37(38(45)56)46-26-34(48-39)52-18-4-8-31(27-52)53-22-21-50(2)43(53)60)16-19-51(20-17-44)23-25-61-24-5-7-28-6-3-9-32-36(28)42(59)54(41(32)58)33-14-15-35(55)49-40(33)57;/h3,6,9-13,26,31,33H,4-5,7-8,14-25,27H2,1-2H3,(H2,45,56)(H,47,48)(H,49,55,57);1H/t31-,33?;/m1./s1. The van der Waals surface area contributed by atoms with Crippen molar-refractivity contribution < 1.29 is 34.9 Å². The molecule has 0 saturated carbocycles. The lowest BCUT2D eigenvalue weighted by molar-refractivity contribution is -0.136. The van der Waals surface area contributed by atoms with Crippen LogP contribution in [-0.2, 0) is 26.2 Å². The Hall–Kier alpha value is -5.94. The number of nitrogens with two attached hydrogens (primary N) is 1. The van der Waals surface area contributed by atoms with E-state index >= 15 is 0 Å². The van der Waals surface area contributed by atoms with Crippen LogP contribution in [0.2, 0.25) is 0 Å². The number of carbonyl (C=O) groups is 6. The molecule has 6 heterocycles. The molecule has 2 atom stereocenters. The van der Waals surface area contributed by atoms with Crippen molar-refractivity contribution in [1.82, 2.24) is 34.9 Å². The van der Waals surface area contributed by atoms with Crippen LogP contribution >= 0.6 is 0 Å². The summed E-state index contributed by atoms with van der Waals surface area (Å²) >= 11 is 0. The molecule has 61 heavy (non-hydrogen) atoms. The van der Waals surface area contributed by atoms with Gasteiger partial charge in [0.25, 0.3) is 17.7 Å². The molecule has 4 saturated heterocycles. The van der Waals surface area contributed by atoms with E-state index in [-0.39, 0.29) is 37.5 Å². The molecule has 8 rings (SSSR count). The van der Waals surface area contributed by atoms with E-state index in [9.17, 15) is 28.8 Å². The topological polar surface area (TPSA) is 204 Å². The van der Waals surface area contributed by atoms with Gasteiger partial charge in [0, 0.05) is 59.9 Å². The number of amides is 7. The number of piperidine rings is 3. The Balaban J connectivity index is 0.00000578. The molecule has 4 fully saturated rings. The molecule has 1 unspecified atom stereocenters. The summed E-state index contributed by atoms with van der Waals surface area (Å²) in [7, 11) is 1.83. The molecule has 0 bridgehead atoms. The van der Waals surface area contributed by atoms with Crippen LogP contribution in [-0.4, -0.2) is 143 Å². The minimum absolute atomic E-state index is 0. The third kappa shape index (κ3) is 8.66. The Bertz CT molecular complexity index is 2220. The first kappa shape index (κ1) is 41.8. The average Bonchev–Trinajstić information content (AvgIpc) is 3.73. The van der Waals surface area contributed by atoms with Crippen LogP contribution < -0.4 is 21.3 Å². The van der Waals surface area contributed by atoms with Gasteiger partial charge in [-0.05, 0) is 92.8 Å². The fourth-order valence-corrected chi connectivity index (χ4v) is 9.33. The molecule has 5 aliphatic rings. The van der Waals surface area contributed by atoms with Crippen molar-refractivity contribution in [1.29, 1.82) is 0 Å². The number of nitrogens with one attached hydrogen (secondary N) is 2. The summed E-state index contributed by atoms with van der Waals surface area (Å²) < 4.78 is 6.01. The number of carbonyl (C=O) groups excluding carboxylic acids is 6. The van der Waals surface area contributed by atoms with Crippen LogP contribution in [0.1, 0.15) is 95.6 Å². The zero-order chi connectivity index (χ0) is 42.8. The Morgan fingerprint density at radius 3 is 2.49 bits per heavy atom. The van der Waals surface area contributed by atoms with E-state index in [4.69, 9.17) is 15.5 Å². The van der Waals surface area contributed by atoms with Gasteiger partial charge >= 0.3 is 6.03 Å². The summed E-state index contributed by atoms with van der Waals surface area (Å²) in [5.41, 5.74) is 9.15. The van der Waals surface area contributed by atoms with Gasteiger partial charge in [-0.3, -0.25) is 34.2 Å². The van der Waals surface area contributed by atoms with Gasteiger partial charge in [0.05, 0.1) is 30.0 Å². The predicted molar refractivity (Wildman–Crippen MR) is 228 cm³/mol. The smallest absolute Gasteiger partial charge is 0.320 e. The number of urea groups is 1. The lowest BCUT2D eigenvalue weighted by Crippen LogP contribution is -2.54. The number of nitrogens with zero attached hydrogens (tertiary/aromatic N) is 7. The summed E-state index contributed by atoms with van der Waals surface area (Å²) in [6.07, 6.45) is 6.82. The number of likely N-dealkylation sites (tertiary alicyclic amines) is 1. The van der Waals surface area contributed by atoms with Crippen LogP contribution in [0.3, 0.4) is 0 Å². The fourth-order valence-electron chi connectivity index (χ4n) is 9.33. The number of benzene rings is 2. The maximum absolute atomic E-state index is 13.4. The first-order chi connectivity index (χ1) is 29.4. The Kier molecular flexibility index (Phi) is 12.0. The van der Waals surface area contributed by atoms with Crippen LogP contribution in [0.4, 0.5) is 22.1 Å². The summed E-state index contributed by atoms with van der Waals surface area (Å²) in [5.74, 6) is -1.74. The number of ether oxygens (including phenoxy) is 1. The number of primary amides is 1. The second-order valence-corrected chi connectivity index (χ2v) is 17.0. The van der Waals surface area contributed by atoms with Crippen LogP contribution in [0.25, 0.3) is 0 Å². The summed E-state index contributed by atoms with van der Waals surface area (Å²) in [4.78, 5) is 94.1. The SMILES string of the molecule is CN1CCN([C@@H]2CCCN(c3cnc(C(N)=O)c(Nc4ccc(C5(C)CCN(CCOCCCc6cccc7c6C(=O)N(C6CCC(=O)NC6=O)C7=O)CC5)cc4)n3)C2)C1=O.[HH]. The maximum Gasteiger partial charge on any atom is 0.320 e.